The molecule has 2 aromatic rings. The summed E-state index contributed by atoms with van der Waals surface area (Å²) in [6.45, 7) is 1.90. The number of rotatable bonds is 6. The molecule has 0 bridgehead atoms. The number of aryl methyl sites for hydroxylation is 1. The molecule has 6 nitrogen and oxygen atoms in total. The molecule has 0 radical (unpaired) electrons. The highest BCUT2D eigenvalue weighted by molar-refractivity contribution is 7.89. The number of hydrogen-bond donors (Lipinski definition) is 1. The van der Waals surface area contributed by atoms with Gasteiger partial charge in [-0.2, -0.15) is 0 Å². The number of pyridine rings is 1. The third-order valence-electron chi connectivity index (χ3n) is 3.30. The Balaban J connectivity index is 2.14. The predicted octanol–water partition coefficient (Wildman–Crippen LogP) is 1.70. The number of nitrogens with one attached hydrogen (secondary N) is 1. The van der Waals surface area contributed by atoms with E-state index in [1.54, 1.807) is 25.3 Å². The topological polar surface area (TPSA) is 85.4 Å². The predicted molar refractivity (Wildman–Crippen MR) is 85.6 cm³/mol. The maximum Gasteiger partial charge on any atom is 0.337 e. The van der Waals surface area contributed by atoms with E-state index in [2.05, 4.69) is 14.4 Å². The fourth-order valence-corrected chi connectivity index (χ4v) is 3.37. The molecule has 1 aromatic heterocycles. The third-order valence-corrected chi connectivity index (χ3v) is 4.90. The molecule has 7 heteroatoms. The van der Waals surface area contributed by atoms with Gasteiger partial charge >= 0.3 is 5.97 Å². The molecule has 0 atom stereocenters. The third kappa shape index (κ3) is 4.37. The average molecular weight is 334 g/mol. The Labute approximate surface area is 135 Å². The monoisotopic (exact) mass is 334 g/mol. The Kier molecular flexibility index (Phi) is 5.46. The van der Waals surface area contributed by atoms with Crippen LogP contribution in [0.25, 0.3) is 0 Å². The second kappa shape index (κ2) is 7.34. The number of hydrogen-bond acceptors (Lipinski definition) is 5. The first-order chi connectivity index (χ1) is 10.9. The number of aromatic nitrogens is 1. The maximum atomic E-state index is 12.4. The summed E-state index contributed by atoms with van der Waals surface area (Å²) in [6, 6.07) is 9.92. The highest BCUT2D eigenvalue weighted by Gasteiger charge is 2.19. The van der Waals surface area contributed by atoms with Crippen LogP contribution in [0.4, 0.5) is 0 Å². The molecule has 122 valence electrons. The van der Waals surface area contributed by atoms with Crippen LogP contribution >= 0.6 is 0 Å². The molecule has 1 aromatic carbocycles. The molecule has 2 rings (SSSR count). The van der Waals surface area contributed by atoms with E-state index in [0.29, 0.717) is 12.0 Å². The quantitative estimate of drug-likeness (QED) is 0.813. The van der Waals surface area contributed by atoms with Crippen LogP contribution in [0.5, 0.6) is 0 Å². The number of sulfonamides is 1. The summed E-state index contributed by atoms with van der Waals surface area (Å²) in [6.07, 6.45) is 2.14. The number of methoxy groups -OCH3 is 1. The minimum atomic E-state index is -3.71. The van der Waals surface area contributed by atoms with E-state index >= 15 is 0 Å². The largest absolute Gasteiger partial charge is 0.465 e. The van der Waals surface area contributed by atoms with Gasteiger partial charge in [0.25, 0.3) is 0 Å². The van der Waals surface area contributed by atoms with Gasteiger partial charge in [0.1, 0.15) is 0 Å². The van der Waals surface area contributed by atoms with Gasteiger partial charge in [-0.25, -0.2) is 17.9 Å². The molecule has 0 aliphatic heterocycles. The van der Waals surface area contributed by atoms with Crippen LogP contribution in [0.2, 0.25) is 0 Å². The van der Waals surface area contributed by atoms with Gasteiger partial charge in [-0.1, -0.05) is 12.1 Å². The Morgan fingerprint density at radius 2 is 2.04 bits per heavy atom. The molecular weight excluding hydrogens is 316 g/mol. The molecule has 23 heavy (non-hydrogen) atoms. The molecule has 0 fully saturated rings. The molecule has 0 saturated heterocycles. The standard InChI is InChI=1S/C16H18N2O4S/c1-12-6-7-13(16(19)22-2)11-15(12)23(20,21)18-10-8-14-5-3-4-9-17-14/h3-7,9,11,18H,8,10H2,1-2H3. The molecule has 1 N–H and O–H groups in total. The summed E-state index contributed by atoms with van der Waals surface area (Å²) >= 11 is 0. The van der Waals surface area contributed by atoms with Gasteiger partial charge in [-0.05, 0) is 36.8 Å². The van der Waals surface area contributed by atoms with Crippen molar-refractivity contribution in [2.24, 2.45) is 0 Å². The van der Waals surface area contributed by atoms with E-state index in [-0.39, 0.29) is 17.0 Å². The van der Waals surface area contributed by atoms with Gasteiger partial charge < -0.3 is 4.74 Å². The first-order valence-electron chi connectivity index (χ1n) is 7.02. The van der Waals surface area contributed by atoms with E-state index in [0.717, 1.165) is 5.69 Å². The van der Waals surface area contributed by atoms with Crippen LogP contribution in [-0.4, -0.2) is 33.0 Å². The van der Waals surface area contributed by atoms with Crippen LogP contribution in [-0.2, 0) is 21.2 Å². The van der Waals surface area contributed by atoms with Crippen LogP contribution in [0.1, 0.15) is 21.6 Å². The van der Waals surface area contributed by atoms with Gasteiger partial charge in [0, 0.05) is 24.9 Å². The van der Waals surface area contributed by atoms with Crippen molar-refractivity contribution in [2.45, 2.75) is 18.2 Å². The van der Waals surface area contributed by atoms with Crippen LogP contribution < -0.4 is 4.72 Å². The Hall–Kier alpha value is -2.25. The lowest BCUT2D eigenvalue weighted by atomic mass is 10.1. The molecule has 0 spiro atoms. The molecule has 0 aliphatic carbocycles. The van der Waals surface area contributed by atoms with Gasteiger partial charge in [0.15, 0.2) is 0 Å². The summed E-state index contributed by atoms with van der Waals surface area (Å²) in [7, 11) is -2.46. The molecule has 0 amide bonds. The molecule has 0 unspecified atom stereocenters. The van der Waals surface area contributed by atoms with Crippen molar-refractivity contribution in [3.63, 3.8) is 0 Å². The summed E-state index contributed by atoms with van der Waals surface area (Å²) in [4.78, 5) is 15.8. The summed E-state index contributed by atoms with van der Waals surface area (Å²) in [5.41, 5.74) is 1.56. The van der Waals surface area contributed by atoms with Gasteiger partial charge in [-0.3, -0.25) is 4.98 Å². The van der Waals surface area contributed by atoms with E-state index in [1.165, 1.54) is 19.2 Å². The normalized spacial score (nSPS) is 11.2. The first-order valence-corrected chi connectivity index (χ1v) is 8.51. The number of carbonyl (C=O) groups is 1. The van der Waals surface area contributed by atoms with E-state index in [9.17, 15) is 13.2 Å². The van der Waals surface area contributed by atoms with Crippen molar-refractivity contribution in [1.29, 1.82) is 0 Å². The average Bonchev–Trinajstić information content (AvgIpc) is 2.55. The van der Waals surface area contributed by atoms with Crippen LogP contribution in [0.3, 0.4) is 0 Å². The SMILES string of the molecule is COC(=O)c1ccc(C)c(S(=O)(=O)NCCc2ccccn2)c1. The van der Waals surface area contributed by atoms with Crippen molar-refractivity contribution in [3.05, 3.63) is 59.4 Å². The highest BCUT2D eigenvalue weighted by Crippen LogP contribution is 2.17. The fourth-order valence-electron chi connectivity index (χ4n) is 2.07. The summed E-state index contributed by atoms with van der Waals surface area (Å²) in [5.74, 6) is -0.574. The van der Waals surface area contributed by atoms with Crippen LogP contribution in [0.15, 0.2) is 47.5 Å². The second-order valence-electron chi connectivity index (χ2n) is 4.94. The molecule has 0 aliphatic rings. The Bertz CT molecular complexity index is 789. The number of ether oxygens (including phenoxy) is 1. The van der Waals surface area contributed by atoms with Crippen LogP contribution in [0, 0.1) is 6.92 Å². The molecule has 0 saturated carbocycles. The zero-order valence-electron chi connectivity index (χ0n) is 12.9. The minimum Gasteiger partial charge on any atom is -0.465 e. The summed E-state index contributed by atoms with van der Waals surface area (Å²) < 4.78 is 32.0. The summed E-state index contributed by atoms with van der Waals surface area (Å²) in [5, 5.41) is 0. The van der Waals surface area contributed by atoms with E-state index in [4.69, 9.17) is 0 Å². The van der Waals surface area contributed by atoms with Gasteiger partial charge in [0.05, 0.1) is 17.6 Å². The smallest absolute Gasteiger partial charge is 0.337 e. The highest BCUT2D eigenvalue weighted by atomic mass is 32.2. The molecular formula is C16H18N2O4S. The minimum absolute atomic E-state index is 0.0708. The van der Waals surface area contributed by atoms with Gasteiger partial charge in [0.2, 0.25) is 10.0 Å². The maximum absolute atomic E-state index is 12.4. The lowest BCUT2D eigenvalue weighted by molar-refractivity contribution is 0.0600. The van der Waals surface area contributed by atoms with Crippen molar-refractivity contribution in [3.8, 4) is 0 Å². The van der Waals surface area contributed by atoms with Gasteiger partial charge in [-0.15, -0.1) is 0 Å². The van der Waals surface area contributed by atoms with E-state index in [1.807, 2.05) is 12.1 Å². The van der Waals surface area contributed by atoms with Crippen molar-refractivity contribution in [2.75, 3.05) is 13.7 Å². The lowest BCUT2D eigenvalue weighted by Gasteiger charge is -2.10. The van der Waals surface area contributed by atoms with Crippen molar-refractivity contribution in [1.82, 2.24) is 9.71 Å². The zero-order valence-corrected chi connectivity index (χ0v) is 13.8. The number of esters is 1. The number of carbonyl (C=O) groups excluding carboxylic acids is 1. The fraction of sp³-hybridized carbons (Fsp3) is 0.250. The van der Waals surface area contributed by atoms with Crippen molar-refractivity contribution >= 4 is 16.0 Å². The Morgan fingerprint density at radius 3 is 2.70 bits per heavy atom. The lowest BCUT2D eigenvalue weighted by Crippen LogP contribution is -2.27. The van der Waals surface area contributed by atoms with Crippen molar-refractivity contribution < 1.29 is 17.9 Å². The molecule has 1 heterocycles. The second-order valence-corrected chi connectivity index (χ2v) is 6.68. The number of nitrogens with zero attached hydrogens (tertiary/aromatic N) is 1. The first kappa shape index (κ1) is 17.1. The zero-order chi connectivity index (χ0) is 16.9. The van der Waals surface area contributed by atoms with E-state index < -0.39 is 16.0 Å². The Morgan fingerprint density at radius 1 is 1.26 bits per heavy atom. The number of benzene rings is 1.